The molecule has 0 spiro atoms. The monoisotopic (exact) mass is 335 g/mol. The standard InChI is InChI=1S/C12H8Cl2FNO3S/c13-8-5-7(6-9(14)12(8)17)16-20(18,19)11-4-2-1-3-10(11)15/h1-6,16-17H. The molecule has 2 N–H and O–H groups in total. The van der Waals surface area contributed by atoms with Crippen molar-refractivity contribution in [1.29, 1.82) is 0 Å². The molecule has 0 radical (unpaired) electrons. The van der Waals surface area contributed by atoms with Gasteiger partial charge in [0, 0.05) is 0 Å². The van der Waals surface area contributed by atoms with Gasteiger partial charge in [-0.05, 0) is 24.3 Å². The summed E-state index contributed by atoms with van der Waals surface area (Å²) in [6.07, 6.45) is 0. The maximum absolute atomic E-state index is 13.5. The van der Waals surface area contributed by atoms with E-state index in [0.29, 0.717) is 0 Å². The van der Waals surface area contributed by atoms with E-state index < -0.39 is 20.7 Å². The van der Waals surface area contributed by atoms with Crippen LogP contribution in [-0.4, -0.2) is 13.5 Å². The zero-order chi connectivity index (χ0) is 14.9. The van der Waals surface area contributed by atoms with Crippen molar-refractivity contribution >= 4 is 38.9 Å². The van der Waals surface area contributed by atoms with Crippen LogP contribution in [0.25, 0.3) is 0 Å². The van der Waals surface area contributed by atoms with Crippen molar-refractivity contribution in [1.82, 2.24) is 0 Å². The van der Waals surface area contributed by atoms with Gasteiger partial charge < -0.3 is 5.11 Å². The molecule has 106 valence electrons. The first-order valence-corrected chi connectivity index (χ1v) is 7.50. The molecule has 4 nitrogen and oxygen atoms in total. The normalized spacial score (nSPS) is 11.3. The minimum absolute atomic E-state index is 0.0149. The van der Waals surface area contributed by atoms with Gasteiger partial charge in [0.1, 0.15) is 10.7 Å². The van der Waals surface area contributed by atoms with E-state index in [1.165, 1.54) is 24.3 Å². The minimum atomic E-state index is -4.11. The van der Waals surface area contributed by atoms with Crippen LogP contribution in [-0.2, 0) is 10.0 Å². The average Bonchev–Trinajstić information content (AvgIpc) is 2.35. The molecule has 0 saturated carbocycles. The molecular weight excluding hydrogens is 328 g/mol. The summed E-state index contributed by atoms with van der Waals surface area (Å²) < 4.78 is 39.7. The molecule has 0 aromatic heterocycles. The minimum Gasteiger partial charge on any atom is -0.505 e. The van der Waals surface area contributed by atoms with E-state index in [1.807, 2.05) is 0 Å². The first kappa shape index (κ1) is 14.9. The summed E-state index contributed by atoms with van der Waals surface area (Å²) in [6.45, 7) is 0. The second kappa shape index (κ2) is 5.47. The highest BCUT2D eigenvalue weighted by molar-refractivity contribution is 7.92. The van der Waals surface area contributed by atoms with Gasteiger partial charge in [-0.1, -0.05) is 35.3 Å². The van der Waals surface area contributed by atoms with Crippen LogP contribution in [0.4, 0.5) is 10.1 Å². The number of hydrogen-bond acceptors (Lipinski definition) is 3. The summed E-state index contributed by atoms with van der Waals surface area (Å²) in [7, 11) is -4.11. The number of rotatable bonds is 3. The number of nitrogens with one attached hydrogen (secondary N) is 1. The van der Waals surface area contributed by atoms with Gasteiger partial charge >= 0.3 is 0 Å². The van der Waals surface area contributed by atoms with Crippen LogP contribution in [0.1, 0.15) is 0 Å². The van der Waals surface area contributed by atoms with E-state index in [0.717, 1.165) is 12.1 Å². The largest absolute Gasteiger partial charge is 0.505 e. The lowest BCUT2D eigenvalue weighted by molar-refractivity contribution is 0.476. The van der Waals surface area contributed by atoms with Crippen LogP contribution in [0.2, 0.25) is 10.0 Å². The zero-order valence-corrected chi connectivity index (χ0v) is 12.1. The molecule has 0 aliphatic heterocycles. The number of phenols is 1. The summed E-state index contributed by atoms with van der Waals surface area (Å²) in [5, 5.41) is 9.15. The number of benzene rings is 2. The van der Waals surface area contributed by atoms with Crippen LogP contribution in [0.3, 0.4) is 0 Å². The molecule has 0 fully saturated rings. The Labute approximate surface area is 124 Å². The van der Waals surface area contributed by atoms with Crippen LogP contribution in [0.5, 0.6) is 5.75 Å². The number of aromatic hydroxyl groups is 1. The predicted molar refractivity (Wildman–Crippen MR) is 75.3 cm³/mol. The molecule has 0 unspecified atom stereocenters. The third kappa shape index (κ3) is 2.98. The maximum atomic E-state index is 13.5. The smallest absolute Gasteiger partial charge is 0.264 e. The third-order valence-corrected chi connectivity index (χ3v) is 4.39. The molecule has 0 bridgehead atoms. The molecule has 0 aliphatic rings. The zero-order valence-electron chi connectivity index (χ0n) is 9.77. The topological polar surface area (TPSA) is 66.4 Å². The van der Waals surface area contributed by atoms with Gasteiger partial charge in [-0.3, -0.25) is 4.72 Å². The van der Waals surface area contributed by atoms with E-state index in [-0.39, 0.29) is 21.5 Å². The summed E-state index contributed by atoms with van der Waals surface area (Å²) in [4.78, 5) is -0.500. The molecule has 0 amide bonds. The van der Waals surface area contributed by atoms with Crippen molar-refractivity contribution in [3.8, 4) is 5.75 Å². The molecule has 0 atom stereocenters. The number of hydrogen-bond donors (Lipinski definition) is 2. The SMILES string of the molecule is O=S(=O)(Nc1cc(Cl)c(O)c(Cl)c1)c1ccccc1F. The van der Waals surface area contributed by atoms with Crippen LogP contribution in [0.15, 0.2) is 41.3 Å². The lowest BCUT2D eigenvalue weighted by Gasteiger charge is -2.10. The van der Waals surface area contributed by atoms with Crippen molar-refractivity contribution in [2.75, 3.05) is 4.72 Å². The second-order valence-corrected chi connectivity index (χ2v) is 6.29. The van der Waals surface area contributed by atoms with Gasteiger partial charge in [-0.2, -0.15) is 0 Å². The number of phenolic OH excluding ortho intramolecular Hbond substituents is 1. The third-order valence-electron chi connectivity index (χ3n) is 2.40. The highest BCUT2D eigenvalue weighted by atomic mass is 35.5. The summed E-state index contributed by atoms with van der Waals surface area (Å²) in [5.41, 5.74) is 0.0149. The molecule has 0 aliphatic carbocycles. The van der Waals surface area contributed by atoms with Crippen molar-refractivity contribution in [2.45, 2.75) is 4.90 Å². The summed E-state index contributed by atoms with van der Waals surface area (Å²) in [5.74, 6) is -1.24. The van der Waals surface area contributed by atoms with Gasteiger partial charge in [0.2, 0.25) is 0 Å². The Morgan fingerprint density at radius 3 is 2.20 bits per heavy atom. The Morgan fingerprint density at radius 2 is 1.65 bits per heavy atom. The fourth-order valence-corrected chi connectivity index (χ4v) is 3.10. The van der Waals surface area contributed by atoms with E-state index in [9.17, 15) is 17.9 Å². The molecule has 0 heterocycles. The Kier molecular flexibility index (Phi) is 4.08. The molecule has 2 aromatic carbocycles. The van der Waals surface area contributed by atoms with Crippen molar-refractivity contribution in [3.05, 3.63) is 52.3 Å². The average molecular weight is 336 g/mol. The Hall–Kier alpha value is -1.50. The highest BCUT2D eigenvalue weighted by Gasteiger charge is 2.19. The van der Waals surface area contributed by atoms with Gasteiger partial charge in [-0.15, -0.1) is 0 Å². The molecule has 2 rings (SSSR count). The molecular formula is C12H8Cl2FNO3S. The predicted octanol–water partition coefficient (Wildman–Crippen LogP) is 3.64. The molecule has 20 heavy (non-hydrogen) atoms. The maximum Gasteiger partial charge on any atom is 0.264 e. The van der Waals surface area contributed by atoms with E-state index in [2.05, 4.69) is 4.72 Å². The number of sulfonamides is 1. The molecule has 0 saturated heterocycles. The Bertz CT molecular complexity index is 742. The first-order chi connectivity index (χ1) is 9.31. The molecule has 2 aromatic rings. The fourth-order valence-electron chi connectivity index (χ4n) is 1.50. The molecule has 8 heteroatoms. The summed E-state index contributed by atoms with van der Waals surface area (Å²) in [6, 6.07) is 7.27. The van der Waals surface area contributed by atoms with Crippen LogP contribution in [0, 0.1) is 5.82 Å². The van der Waals surface area contributed by atoms with Gasteiger partial charge in [0.25, 0.3) is 10.0 Å². The van der Waals surface area contributed by atoms with Crippen molar-refractivity contribution < 1.29 is 17.9 Å². The number of anilines is 1. The lowest BCUT2D eigenvalue weighted by Crippen LogP contribution is -2.14. The van der Waals surface area contributed by atoms with Crippen LogP contribution < -0.4 is 4.72 Å². The first-order valence-electron chi connectivity index (χ1n) is 5.26. The van der Waals surface area contributed by atoms with Crippen LogP contribution >= 0.6 is 23.2 Å². The van der Waals surface area contributed by atoms with Crippen molar-refractivity contribution in [2.24, 2.45) is 0 Å². The van der Waals surface area contributed by atoms with E-state index >= 15 is 0 Å². The summed E-state index contributed by atoms with van der Waals surface area (Å²) >= 11 is 11.4. The number of halogens is 3. The van der Waals surface area contributed by atoms with E-state index in [1.54, 1.807) is 0 Å². The van der Waals surface area contributed by atoms with E-state index in [4.69, 9.17) is 23.2 Å². The Balaban J connectivity index is 2.42. The fraction of sp³-hybridized carbons (Fsp3) is 0. The van der Waals surface area contributed by atoms with Gasteiger partial charge in [0.15, 0.2) is 5.75 Å². The second-order valence-electron chi connectivity index (χ2n) is 3.82. The van der Waals surface area contributed by atoms with Gasteiger partial charge in [0.05, 0.1) is 15.7 Å². The van der Waals surface area contributed by atoms with Crippen molar-refractivity contribution in [3.63, 3.8) is 0 Å². The highest BCUT2D eigenvalue weighted by Crippen LogP contribution is 2.35. The Morgan fingerprint density at radius 1 is 1.10 bits per heavy atom. The lowest BCUT2D eigenvalue weighted by atomic mass is 10.3. The quantitative estimate of drug-likeness (QED) is 0.841. The van der Waals surface area contributed by atoms with Gasteiger partial charge in [-0.25, -0.2) is 12.8 Å².